The van der Waals surface area contributed by atoms with Crippen molar-refractivity contribution in [1.29, 1.82) is 0 Å². The molecule has 0 aromatic carbocycles. The number of thiophene rings is 1. The van der Waals surface area contributed by atoms with Crippen LogP contribution in [-0.2, 0) is 4.74 Å². The molecule has 1 aromatic heterocycles. The third kappa shape index (κ3) is 2.92. The molecule has 0 spiro atoms. The lowest BCUT2D eigenvalue weighted by atomic mass is 10.0. The van der Waals surface area contributed by atoms with Gasteiger partial charge in [0.05, 0.1) is 11.5 Å². The van der Waals surface area contributed by atoms with Crippen LogP contribution in [0, 0.1) is 5.92 Å². The van der Waals surface area contributed by atoms with Crippen molar-refractivity contribution >= 4 is 23.1 Å². The zero-order chi connectivity index (χ0) is 12.1. The minimum absolute atomic E-state index is 0.00805. The average molecular weight is 240 g/mol. The molecule has 0 saturated heterocycles. The van der Waals surface area contributed by atoms with E-state index in [0.717, 1.165) is 6.42 Å². The van der Waals surface area contributed by atoms with Crippen LogP contribution in [0.1, 0.15) is 46.5 Å². The van der Waals surface area contributed by atoms with Gasteiger partial charge in [0.1, 0.15) is 4.88 Å². The minimum atomic E-state index is -0.351. The van der Waals surface area contributed by atoms with Gasteiger partial charge in [0, 0.05) is 5.92 Å². The van der Waals surface area contributed by atoms with Crippen LogP contribution in [-0.4, -0.2) is 18.4 Å². The van der Waals surface area contributed by atoms with E-state index >= 15 is 0 Å². The molecule has 0 aliphatic heterocycles. The summed E-state index contributed by atoms with van der Waals surface area (Å²) in [6, 6.07) is 3.35. The van der Waals surface area contributed by atoms with Crippen molar-refractivity contribution in [2.75, 3.05) is 6.61 Å². The van der Waals surface area contributed by atoms with Gasteiger partial charge in [-0.05, 0) is 25.5 Å². The first kappa shape index (κ1) is 12.9. The average Bonchev–Trinajstić information content (AvgIpc) is 2.76. The van der Waals surface area contributed by atoms with Crippen molar-refractivity contribution in [2.45, 2.75) is 27.2 Å². The summed E-state index contributed by atoms with van der Waals surface area (Å²) in [7, 11) is 0. The van der Waals surface area contributed by atoms with Crippen LogP contribution < -0.4 is 0 Å². The summed E-state index contributed by atoms with van der Waals surface area (Å²) in [6.45, 7) is 5.98. The van der Waals surface area contributed by atoms with Gasteiger partial charge in [-0.3, -0.25) is 4.79 Å². The molecule has 1 aromatic rings. The highest BCUT2D eigenvalue weighted by atomic mass is 32.1. The number of carbonyl (C=O) groups excluding carboxylic acids is 2. The van der Waals surface area contributed by atoms with Gasteiger partial charge in [-0.25, -0.2) is 4.79 Å². The van der Waals surface area contributed by atoms with Gasteiger partial charge in [0.2, 0.25) is 0 Å². The van der Waals surface area contributed by atoms with Crippen LogP contribution in [0.3, 0.4) is 0 Å². The van der Waals surface area contributed by atoms with Gasteiger partial charge in [0.15, 0.2) is 5.78 Å². The van der Waals surface area contributed by atoms with Gasteiger partial charge in [-0.15, -0.1) is 11.3 Å². The third-order valence-electron chi connectivity index (χ3n) is 2.39. The Kier molecular flexibility index (Phi) is 4.68. The molecule has 3 nitrogen and oxygen atoms in total. The highest BCUT2D eigenvalue weighted by Crippen LogP contribution is 2.21. The molecule has 88 valence electrons. The molecule has 4 heteroatoms. The van der Waals surface area contributed by atoms with Crippen LogP contribution in [0.2, 0.25) is 0 Å². The fourth-order valence-electron chi connectivity index (χ4n) is 1.21. The number of ether oxygens (including phenoxy) is 1. The fraction of sp³-hybridized carbons (Fsp3) is 0.500. The Bertz CT molecular complexity index is 381. The predicted molar refractivity (Wildman–Crippen MR) is 64.1 cm³/mol. The van der Waals surface area contributed by atoms with Crippen molar-refractivity contribution in [3.8, 4) is 0 Å². The lowest BCUT2D eigenvalue weighted by molar-refractivity contribution is 0.0532. The second-order valence-electron chi connectivity index (χ2n) is 3.56. The second kappa shape index (κ2) is 5.80. The molecule has 0 aliphatic rings. The van der Waals surface area contributed by atoms with E-state index in [1.165, 1.54) is 11.3 Å². The molecular formula is C12H16O3S. The fourth-order valence-corrected chi connectivity index (χ4v) is 2.16. The molecule has 1 atom stereocenters. The lowest BCUT2D eigenvalue weighted by Crippen LogP contribution is -2.08. The van der Waals surface area contributed by atoms with Gasteiger partial charge in [-0.1, -0.05) is 13.8 Å². The van der Waals surface area contributed by atoms with E-state index in [1.807, 2.05) is 13.8 Å². The Morgan fingerprint density at radius 2 is 1.94 bits per heavy atom. The first-order chi connectivity index (χ1) is 7.60. The zero-order valence-electron chi connectivity index (χ0n) is 9.78. The molecule has 16 heavy (non-hydrogen) atoms. The van der Waals surface area contributed by atoms with E-state index in [9.17, 15) is 9.59 Å². The van der Waals surface area contributed by atoms with Crippen molar-refractivity contribution in [2.24, 2.45) is 5.92 Å². The maximum Gasteiger partial charge on any atom is 0.348 e. The lowest BCUT2D eigenvalue weighted by Gasteiger charge is -2.03. The number of esters is 1. The predicted octanol–water partition coefficient (Wildman–Crippen LogP) is 3.15. The molecule has 0 aliphatic carbocycles. The van der Waals surface area contributed by atoms with E-state index in [2.05, 4.69) is 0 Å². The van der Waals surface area contributed by atoms with E-state index < -0.39 is 0 Å². The normalized spacial score (nSPS) is 12.2. The van der Waals surface area contributed by atoms with E-state index in [1.54, 1.807) is 19.1 Å². The van der Waals surface area contributed by atoms with Crippen LogP contribution in [0.5, 0.6) is 0 Å². The van der Waals surface area contributed by atoms with Crippen molar-refractivity contribution in [3.63, 3.8) is 0 Å². The number of rotatable bonds is 5. The maximum absolute atomic E-state index is 11.8. The Hall–Kier alpha value is -1.16. The Morgan fingerprint density at radius 3 is 2.50 bits per heavy atom. The number of carbonyl (C=O) groups is 2. The quantitative estimate of drug-likeness (QED) is 0.586. The van der Waals surface area contributed by atoms with E-state index in [4.69, 9.17) is 4.74 Å². The smallest absolute Gasteiger partial charge is 0.348 e. The number of Topliss-reactive ketones (excluding diaryl/α,β-unsaturated/α-hetero) is 1. The summed E-state index contributed by atoms with van der Waals surface area (Å²) in [6.07, 6.45) is 0.811. The van der Waals surface area contributed by atoms with Crippen molar-refractivity contribution < 1.29 is 14.3 Å². The summed E-state index contributed by atoms with van der Waals surface area (Å²) in [5.74, 6) is -0.243. The van der Waals surface area contributed by atoms with Gasteiger partial charge < -0.3 is 4.74 Å². The largest absolute Gasteiger partial charge is 0.462 e. The standard InChI is InChI=1S/C12H16O3S/c1-4-8(3)11(13)9-6-7-10(16-9)12(14)15-5-2/h6-8H,4-5H2,1-3H3. The SMILES string of the molecule is CCOC(=O)c1ccc(C(=O)C(C)CC)s1. The molecule has 0 radical (unpaired) electrons. The molecule has 0 amide bonds. The zero-order valence-corrected chi connectivity index (χ0v) is 10.6. The summed E-state index contributed by atoms with van der Waals surface area (Å²) in [4.78, 5) is 24.4. The summed E-state index contributed by atoms with van der Waals surface area (Å²) in [5, 5.41) is 0. The van der Waals surface area contributed by atoms with Crippen LogP contribution >= 0.6 is 11.3 Å². The topological polar surface area (TPSA) is 43.4 Å². The molecule has 1 rings (SSSR count). The highest BCUT2D eigenvalue weighted by Gasteiger charge is 2.18. The Morgan fingerprint density at radius 1 is 1.31 bits per heavy atom. The first-order valence-corrected chi connectivity index (χ1v) is 6.22. The summed E-state index contributed by atoms with van der Waals surface area (Å²) < 4.78 is 4.87. The van der Waals surface area contributed by atoms with E-state index in [0.29, 0.717) is 16.4 Å². The number of hydrogen-bond acceptors (Lipinski definition) is 4. The molecule has 1 unspecified atom stereocenters. The molecule has 0 bridgehead atoms. The minimum Gasteiger partial charge on any atom is -0.462 e. The Balaban J connectivity index is 2.79. The third-order valence-corrected chi connectivity index (χ3v) is 3.47. The molecule has 0 saturated carbocycles. The summed E-state index contributed by atoms with van der Waals surface area (Å²) in [5.41, 5.74) is 0. The van der Waals surface area contributed by atoms with E-state index in [-0.39, 0.29) is 17.7 Å². The number of ketones is 1. The Labute approximate surface area is 99.4 Å². The van der Waals surface area contributed by atoms with Gasteiger partial charge >= 0.3 is 5.97 Å². The van der Waals surface area contributed by atoms with Crippen LogP contribution in [0.25, 0.3) is 0 Å². The first-order valence-electron chi connectivity index (χ1n) is 5.41. The van der Waals surface area contributed by atoms with Gasteiger partial charge in [-0.2, -0.15) is 0 Å². The second-order valence-corrected chi connectivity index (χ2v) is 4.64. The number of hydrogen-bond donors (Lipinski definition) is 0. The van der Waals surface area contributed by atoms with Crippen molar-refractivity contribution in [1.82, 2.24) is 0 Å². The molecular weight excluding hydrogens is 224 g/mol. The van der Waals surface area contributed by atoms with Crippen LogP contribution in [0.4, 0.5) is 0 Å². The molecule has 1 heterocycles. The summed E-state index contributed by atoms with van der Waals surface area (Å²) >= 11 is 1.21. The van der Waals surface area contributed by atoms with Crippen molar-refractivity contribution in [3.05, 3.63) is 21.9 Å². The highest BCUT2D eigenvalue weighted by molar-refractivity contribution is 7.15. The monoisotopic (exact) mass is 240 g/mol. The van der Waals surface area contributed by atoms with Crippen LogP contribution in [0.15, 0.2) is 12.1 Å². The molecule has 0 N–H and O–H groups in total. The molecule has 0 fully saturated rings. The maximum atomic E-state index is 11.8. The van der Waals surface area contributed by atoms with Gasteiger partial charge in [0.25, 0.3) is 0 Å².